The normalized spacial score (nSPS) is 19.8. The van der Waals surface area contributed by atoms with Gasteiger partial charge in [-0.3, -0.25) is 5.10 Å². The predicted octanol–water partition coefficient (Wildman–Crippen LogP) is 2.16. The number of nitrogens with one attached hydrogen (secondary N) is 2. The lowest BCUT2D eigenvalue weighted by atomic mass is 10.2. The fourth-order valence-electron chi connectivity index (χ4n) is 2.84. The van der Waals surface area contributed by atoms with E-state index in [-0.39, 0.29) is 0 Å². The Morgan fingerprint density at radius 2 is 2.40 bits per heavy atom. The number of hydrogen-bond donors (Lipinski definition) is 2. The van der Waals surface area contributed by atoms with Crippen molar-refractivity contribution in [1.29, 1.82) is 0 Å². The van der Waals surface area contributed by atoms with Crippen LogP contribution in [0.25, 0.3) is 11.5 Å². The van der Waals surface area contributed by atoms with Gasteiger partial charge < -0.3 is 14.6 Å². The molecule has 1 aliphatic rings. The van der Waals surface area contributed by atoms with Crippen LogP contribution in [0.4, 0.5) is 0 Å². The Morgan fingerprint density at radius 1 is 1.50 bits per heavy atom. The van der Waals surface area contributed by atoms with Crippen molar-refractivity contribution in [1.82, 2.24) is 20.4 Å². The molecule has 1 saturated heterocycles. The van der Waals surface area contributed by atoms with Gasteiger partial charge in [0.05, 0.1) is 6.20 Å². The van der Waals surface area contributed by atoms with Crippen molar-refractivity contribution in [3.8, 4) is 11.5 Å². The summed E-state index contributed by atoms with van der Waals surface area (Å²) in [5, 5.41) is 10.7. The van der Waals surface area contributed by atoms with E-state index in [2.05, 4.69) is 27.5 Å². The molecular weight excluding hydrogens is 252 g/mol. The Balaban J connectivity index is 1.60. The average molecular weight is 274 g/mol. The predicted molar refractivity (Wildman–Crippen MR) is 78.4 cm³/mol. The summed E-state index contributed by atoms with van der Waals surface area (Å²) < 4.78 is 5.66. The van der Waals surface area contributed by atoms with Gasteiger partial charge in [0, 0.05) is 24.7 Å². The largest absolute Gasteiger partial charge is 0.460 e. The van der Waals surface area contributed by atoms with Gasteiger partial charge in [0.15, 0.2) is 5.76 Å². The average Bonchev–Trinajstić information content (AvgIpc) is 3.12. The third kappa shape index (κ3) is 2.78. The van der Waals surface area contributed by atoms with Crippen molar-refractivity contribution in [2.75, 3.05) is 20.1 Å². The van der Waals surface area contributed by atoms with Gasteiger partial charge in [0.25, 0.3) is 0 Å². The monoisotopic (exact) mass is 274 g/mol. The molecule has 3 rings (SSSR count). The van der Waals surface area contributed by atoms with Gasteiger partial charge in [-0.2, -0.15) is 5.10 Å². The third-order valence-corrected chi connectivity index (χ3v) is 4.07. The minimum Gasteiger partial charge on any atom is -0.460 e. The third-order valence-electron chi connectivity index (χ3n) is 4.07. The van der Waals surface area contributed by atoms with E-state index in [1.54, 1.807) is 0 Å². The van der Waals surface area contributed by atoms with E-state index in [1.807, 2.05) is 25.3 Å². The molecule has 0 saturated carbocycles. The molecular formula is C15H22N4O. The van der Waals surface area contributed by atoms with Gasteiger partial charge in [0.2, 0.25) is 0 Å². The standard InChI is InChI=1S/C15H22N4O/c1-11-5-6-14(20-11)15-12(9-17-18-15)8-16-10-13-4-3-7-19(13)2/h5-6,9,13,16H,3-4,7-8,10H2,1-2H3,(H,17,18). The number of likely N-dealkylation sites (N-methyl/N-ethyl adjacent to an activating group) is 1. The highest BCUT2D eigenvalue weighted by Gasteiger charge is 2.20. The van der Waals surface area contributed by atoms with Crippen molar-refractivity contribution in [2.24, 2.45) is 0 Å². The van der Waals surface area contributed by atoms with Gasteiger partial charge in [-0.15, -0.1) is 0 Å². The van der Waals surface area contributed by atoms with Crippen molar-refractivity contribution in [3.05, 3.63) is 29.7 Å². The zero-order chi connectivity index (χ0) is 13.9. The fraction of sp³-hybridized carbons (Fsp3) is 0.533. The van der Waals surface area contributed by atoms with Crippen LogP contribution in [0.15, 0.2) is 22.7 Å². The van der Waals surface area contributed by atoms with E-state index >= 15 is 0 Å². The maximum atomic E-state index is 5.66. The first-order chi connectivity index (χ1) is 9.74. The number of rotatable bonds is 5. The number of furan rings is 1. The second-order valence-corrected chi connectivity index (χ2v) is 5.59. The van der Waals surface area contributed by atoms with E-state index in [0.717, 1.165) is 35.9 Å². The highest BCUT2D eigenvalue weighted by molar-refractivity contribution is 5.56. The second kappa shape index (κ2) is 5.81. The van der Waals surface area contributed by atoms with Crippen LogP contribution in [0.2, 0.25) is 0 Å². The molecule has 3 heterocycles. The van der Waals surface area contributed by atoms with E-state index in [0.29, 0.717) is 6.04 Å². The number of nitrogens with zero attached hydrogens (tertiary/aromatic N) is 2. The van der Waals surface area contributed by atoms with Gasteiger partial charge in [-0.1, -0.05) is 0 Å². The maximum Gasteiger partial charge on any atom is 0.152 e. The smallest absolute Gasteiger partial charge is 0.152 e. The van der Waals surface area contributed by atoms with E-state index in [4.69, 9.17) is 4.42 Å². The molecule has 0 bridgehead atoms. The molecule has 1 unspecified atom stereocenters. The lowest BCUT2D eigenvalue weighted by molar-refractivity contribution is 0.300. The first-order valence-electron chi connectivity index (χ1n) is 7.24. The van der Waals surface area contributed by atoms with Crippen LogP contribution in [0.1, 0.15) is 24.2 Å². The molecule has 1 atom stereocenters. The Bertz CT molecular complexity index is 560. The molecule has 0 spiro atoms. The lowest BCUT2D eigenvalue weighted by Gasteiger charge is -2.19. The number of hydrogen-bond acceptors (Lipinski definition) is 4. The van der Waals surface area contributed by atoms with Gasteiger partial charge in [0.1, 0.15) is 11.5 Å². The molecule has 1 aliphatic heterocycles. The summed E-state index contributed by atoms with van der Waals surface area (Å²) in [4.78, 5) is 2.43. The molecule has 5 nitrogen and oxygen atoms in total. The van der Waals surface area contributed by atoms with Crippen LogP contribution < -0.4 is 5.32 Å². The van der Waals surface area contributed by atoms with E-state index in [9.17, 15) is 0 Å². The van der Waals surface area contributed by atoms with Crippen LogP contribution in [-0.2, 0) is 6.54 Å². The molecule has 2 aromatic heterocycles. The first kappa shape index (κ1) is 13.4. The first-order valence-corrected chi connectivity index (χ1v) is 7.24. The lowest BCUT2D eigenvalue weighted by Crippen LogP contribution is -2.35. The van der Waals surface area contributed by atoms with Crippen molar-refractivity contribution in [2.45, 2.75) is 32.4 Å². The summed E-state index contributed by atoms with van der Waals surface area (Å²) in [6.07, 6.45) is 4.48. The number of aromatic amines is 1. The van der Waals surface area contributed by atoms with Crippen molar-refractivity contribution < 1.29 is 4.42 Å². The summed E-state index contributed by atoms with van der Waals surface area (Å²) >= 11 is 0. The van der Waals surface area contributed by atoms with Crippen LogP contribution in [-0.4, -0.2) is 41.3 Å². The summed E-state index contributed by atoms with van der Waals surface area (Å²) in [7, 11) is 2.20. The molecule has 0 aromatic carbocycles. The fourth-order valence-corrected chi connectivity index (χ4v) is 2.84. The summed E-state index contributed by atoms with van der Waals surface area (Å²) in [6.45, 7) is 5.01. The van der Waals surface area contributed by atoms with Gasteiger partial charge in [-0.05, 0) is 45.5 Å². The zero-order valence-electron chi connectivity index (χ0n) is 12.1. The SMILES string of the molecule is Cc1ccc(-c2[nH]ncc2CNCC2CCCN2C)o1. The molecule has 20 heavy (non-hydrogen) atoms. The Morgan fingerprint density at radius 3 is 3.10 bits per heavy atom. The molecule has 1 fully saturated rings. The van der Waals surface area contributed by atoms with Crippen LogP contribution in [0.3, 0.4) is 0 Å². The molecule has 0 radical (unpaired) electrons. The number of likely N-dealkylation sites (tertiary alicyclic amines) is 1. The number of aromatic nitrogens is 2. The molecule has 5 heteroatoms. The van der Waals surface area contributed by atoms with E-state index < -0.39 is 0 Å². The van der Waals surface area contributed by atoms with Gasteiger partial charge >= 0.3 is 0 Å². The molecule has 2 aromatic rings. The molecule has 108 valence electrons. The highest BCUT2D eigenvalue weighted by atomic mass is 16.3. The molecule has 0 aliphatic carbocycles. The van der Waals surface area contributed by atoms with Crippen molar-refractivity contribution in [3.63, 3.8) is 0 Å². The maximum absolute atomic E-state index is 5.66. The van der Waals surface area contributed by atoms with E-state index in [1.165, 1.54) is 19.4 Å². The zero-order valence-corrected chi connectivity index (χ0v) is 12.1. The van der Waals surface area contributed by atoms with Crippen LogP contribution >= 0.6 is 0 Å². The molecule has 2 N–H and O–H groups in total. The quantitative estimate of drug-likeness (QED) is 0.877. The van der Waals surface area contributed by atoms with Crippen LogP contribution in [0, 0.1) is 6.92 Å². The topological polar surface area (TPSA) is 57.1 Å². The van der Waals surface area contributed by atoms with Crippen LogP contribution in [0.5, 0.6) is 0 Å². The minimum absolute atomic E-state index is 0.663. The summed E-state index contributed by atoms with van der Waals surface area (Å²) in [5.74, 6) is 1.77. The highest BCUT2D eigenvalue weighted by Crippen LogP contribution is 2.23. The number of H-pyrrole nitrogens is 1. The Hall–Kier alpha value is -1.59. The van der Waals surface area contributed by atoms with Crippen molar-refractivity contribution >= 4 is 0 Å². The number of aryl methyl sites for hydroxylation is 1. The Labute approximate surface area is 119 Å². The Kier molecular flexibility index (Phi) is 3.89. The summed E-state index contributed by atoms with van der Waals surface area (Å²) in [6, 6.07) is 4.62. The molecule has 0 amide bonds. The van der Waals surface area contributed by atoms with Gasteiger partial charge in [-0.25, -0.2) is 0 Å². The summed E-state index contributed by atoms with van der Waals surface area (Å²) in [5.41, 5.74) is 2.13. The second-order valence-electron chi connectivity index (χ2n) is 5.59. The minimum atomic E-state index is 0.663.